The molecule has 0 N–H and O–H groups in total. The van der Waals surface area contributed by atoms with Crippen LogP contribution < -0.4 is 23.8 Å². The Balaban J connectivity index is 1.23. The summed E-state index contributed by atoms with van der Waals surface area (Å²) in [5, 5.41) is 0. The number of carbonyl (C=O) groups excluding carboxylic acids is 3. The molecule has 0 saturated carbocycles. The predicted octanol–water partition coefficient (Wildman–Crippen LogP) is 1.32. The molecule has 3 amide bonds. The number of benzene rings is 2. The Morgan fingerprint density at radius 2 is 1.71 bits per heavy atom. The first-order valence-electron chi connectivity index (χ1n) is 11.5. The van der Waals surface area contributed by atoms with Crippen molar-refractivity contribution < 1.29 is 33.3 Å². The number of nitrogens with zero attached hydrogens (tertiary/aromatic N) is 3. The number of ether oxygens (including phenoxy) is 4. The fraction of sp³-hybridized carbons (Fsp3) is 0.400. The number of hydrogen-bond donors (Lipinski definition) is 0. The average Bonchev–Trinajstić information content (AvgIpc) is 3.20. The Labute approximate surface area is 202 Å². The van der Waals surface area contributed by atoms with E-state index in [0.29, 0.717) is 54.9 Å². The first kappa shape index (κ1) is 23.0. The van der Waals surface area contributed by atoms with Crippen molar-refractivity contribution in [1.82, 2.24) is 9.80 Å². The molecule has 2 aromatic rings. The van der Waals surface area contributed by atoms with Gasteiger partial charge in [-0.3, -0.25) is 19.3 Å². The van der Waals surface area contributed by atoms with Gasteiger partial charge in [-0.2, -0.15) is 0 Å². The number of fused-ring (bicyclic) bond motifs is 1. The molecule has 2 fully saturated rings. The first-order chi connectivity index (χ1) is 17.0. The molecule has 35 heavy (non-hydrogen) atoms. The molecule has 0 spiro atoms. The molecular weight excluding hydrogens is 454 g/mol. The minimum atomic E-state index is -0.706. The molecule has 0 bridgehead atoms. The maximum Gasteiger partial charge on any atom is 0.267 e. The summed E-state index contributed by atoms with van der Waals surface area (Å²) in [5.41, 5.74) is 0.368. The molecule has 3 aliphatic heterocycles. The van der Waals surface area contributed by atoms with Crippen LogP contribution in [0.1, 0.15) is 6.42 Å². The van der Waals surface area contributed by atoms with Crippen molar-refractivity contribution >= 4 is 23.4 Å². The van der Waals surface area contributed by atoms with Gasteiger partial charge in [0.25, 0.3) is 11.8 Å². The van der Waals surface area contributed by atoms with Crippen LogP contribution in [0.4, 0.5) is 5.69 Å². The lowest BCUT2D eigenvalue weighted by molar-refractivity contribution is -0.143. The Hall–Kier alpha value is -3.79. The molecule has 0 unspecified atom stereocenters. The Bertz CT molecular complexity index is 1150. The van der Waals surface area contributed by atoms with Crippen molar-refractivity contribution in [1.29, 1.82) is 0 Å². The zero-order chi connectivity index (χ0) is 24.5. The summed E-state index contributed by atoms with van der Waals surface area (Å²) in [7, 11) is 3.01. The molecule has 10 nitrogen and oxygen atoms in total. The molecule has 0 aromatic heterocycles. The quantitative estimate of drug-likeness (QED) is 0.590. The summed E-state index contributed by atoms with van der Waals surface area (Å²) in [6.07, 6.45) is -0.633. The van der Waals surface area contributed by atoms with E-state index in [2.05, 4.69) is 0 Å². The monoisotopic (exact) mass is 481 g/mol. The smallest absolute Gasteiger partial charge is 0.267 e. The number of rotatable bonds is 5. The second-order valence-electron chi connectivity index (χ2n) is 8.55. The van der Waals surface area contributed by atoms with E-state index in [-0.39, 0.29) is 30.7 Å². The zero-order valence-corrected chi connectivity index (χ0v) is 19.6. The number of methoxy groups -OCH3 is 2. The van der Waals surface area contributed by atoms with Crippen LogP contribution in [-0.4, -0.2) is 86.7 Å². The fourth-order valence-corrected chi connectivity index (χ4v) is 4.72. The molecule has 3 aliphatic rings. The van der Waals surface area contributed by atoms with Crippen LogP contribution in [0, 0.1) is 0 Å². The SMILES string of the molecule is COc1ccc(OC)c(N2C(=O)C[C@H](N3CCN(C(=O)[C@@H]4COc5ccccc5O4)CC3)C2=O)c1. The molecule has 0 aliphatic carbocycles. The van der Waals surface area contributed by atoms with Crippen molar-refractivity contribution in [2.45, 2.75) is 18.6 Å². The highest BCUT2D eigenvalue weighted by Crippen LogP contribution is 2.36. The normalized spacial score (nSPS) is 22.3. The van der Waals surface area contributed by atoms with Gasteiger partial charge in [-0.05, 0) is 24.3 Å². The van der Waals surface area contributed by atoms with Crippen molar-refractivity contribution in [2.24, 2.45) is 0 Å². The second kappa shape index (κ2) is 9.46. The molecule has 10 heteroatoms. The van der Waals surface area contributed by atoms with E-state index >= 15 is 0 Å². The molecule has 2 aromatic carbocycles. The number of carbonyl (C=O) groups is 3. The van der Waals surface area contributed by atoms with Crippen LogP contribution in [0.2, 0.25) is 0 Å². The van der Waals surface area contributed by atoms with E-state index in [1.165, 1.54) is 19.1 Å². The third-order valence-corrected chi connectivity index (χ3v) is 6.60. The van der Waals surface area contributed by atoms with Gasteiger partial charge in [0.05, 0.1) is 32.4 Å². The van der Waals surface area contributed by atoms with E-state index in [1.807, 2.05) is 17.0 Å². The largest absolute Gasteiger partial charge is 0.497 e. The lowest BCUT2D eigenvalue weighted by Crippen LogP contribution is -2.57. The standard InChI is InChI=1S/C25H27N3O7/c1-32-16-7-8-19(33-2)17(13-16)28-23(29)14-18(24(28)30)26-9-11-27(12-10-26)25(31)22-15-34-20-5-3-4-6-21(20)35-22/h3-8,13,18,22H,9-12,14-15H2,1-2H3/t18-,22-/m0/s1. The van der Waals surface area contributed by atoms with Crippen molar-refractivity contribution in [3.05, 3.63) is 42.5 Å². The number of piperazine rings is 1. The van der Waals surface area contributed by atoms with Gasteiger partial charge in [0.2, 0.25) is 12.0 Å². The minimum Gasteiger partial charge on any atom is -0.497 e. The highest BCUT2D eigenvalue weighted by Gasteiger charge is 2.45. The van der Waals surface area contributed by atoms with Crippen molar-refractivity contribution in [3.8, 4) is 23.0 Å². The number of amides is 3. The summed E-state index contributed by atoms with van der Waals surface area (Å²) in [6.45, 7) is 1.97. The number of para-hydroxylation sites is 2. The van der Waals surface area contributed by atoms with E-state index in [4.69, 9.17) is 18.9 Å². The Morgan fingerprint density at radius 1 is 0.971 bits per heavy atom. The molecule has 2 saturated heterocycles. The summed E-state index contributed by atoms with van der Waals surface area (Å²) >= 11 is 0. The topological polar surface area (TPSA) is 97.9 Å². The third kappa shape index (κ3) is 4.25. The molecule has 0 radical (unpaired) electrons. The van der Waals surface area contributed by atoms with Crippen LogP contribution in [-0.2, 0) is 14.4 Å². The fourth-order valence-electron chi connectivity index (χ4n) is 4.72. The Kier molecular flexibility index (Phi) is 6.21. The van der Waals surface area contributed by atoms with E-state index in [0.717, 1.165) is 0 Å². The van der Waals surface area contributed by atoms with Crippen LogP contribution in [0.3, 0.4) is 0 Å². The number of imide groups is 1. The average molecular weight is 482 g/mol. The predicted molar refractivity (Wildman–Crippen MR) is 125 cm³/mol. The van der Waals surface area contributed by atoms with Gasteiger partial charge in [-0.1, -0.05) is 12.1 Å². The molecule has 3 heterocycles. The first-order valence-corrected chi connectivity index (χ1v) is 11.5. The summed E-state index contributed by atoms with van der Waals surface area (Å²) in [4.78, 5) is 44.1. The van der Waals surface area contributed by atoms with Crippen LogP contribution in [0.15, 0.2) is 42.5 Å². The molecule has 2 atom stereocenters. The Morgan fingerprint density at radius 3 is 2.43 bits per heavy atom. The van der Waals surface area contributed by atoms with Crippen LogP contribution >= 0.6 is 0 Å². The lowest BCUT2D eigenvalue weighted by atomic mass is 10.1. The summed E-state index contributed by atoms with van der Waals surface area (Å²) < 4.78 is 22.2. The van der Waals surface area contributed by atoms with Crippen LogP contribution in [0.25, 0.3) is 0 Å². The van der Waals surface area contributed by atoms with Crippen molar-refractivity contribution in [2.75, 3.05) is 51.9 Å². The second-order valence-corrected chi connectivity index (χ2v) is 8.55. The van der Waals surface area contributed by atoms with E-state index < -0.39 is 12.1 Å². The molecular formula is C25H27N3O7. The number of anilines is 1. The van der Waals surface area contributed by atoms with Gasteiger partial charge in [0, 0.05) is 32.2 Å². The summed E-state index contributed by atoms with van der Waals surface area (Å²) in [6, 6.07) is 11.7. The van der Waals surface area contributed by atoms with E-state index in [1.54, 1.807) is 35.2 Å². The van der Waals surface area contributed by atoms with Crippen LogP contribution in [0.5, 0.6) is 23.0 Å². The lowest BCUT2D eigenvalue weighted by Gasteiger charge is -2.38. The third-order valence-electron chi connectivity index (χ3n) is 6.60. The maximum atomic E-state index is 13.3. The molecule has 184 valence electrons. The number of hydrogen-bond acceptors (Lipinski definition) is 8. The zero-order valence-electron chi connectivity index (χ0n) is 19.6. The summed E-state index contributed by atoms with van der Waals surface area (Å²) in [5.74, 6) is 1.38. The maximum absolute atomic E-state index is 13.3. The van der Waals surface area contributed by atoms with Gasteiger partial charge in [-0.15, -0.1) is 0 Å². The highest BCUT2D eigenvalue weighted by atomic mass is 16.6. The van der Waals surface area contributed by atoms with Gasteiger partial charge < -0.3 is 23.8 Å². The van der Waals surface area contributed by atoms with E-state index in [9.17, 15) is 14.4 Å². The van der Waals surface area contributed by atoms with Gasteiger partial charge in [0.15, 0.2) is 11.5 Å². The molecule has 5 rings (SSSR count). The highest BCUT2D eigenvalue weighted by molar-refractivity contribution is 6.23. The van der Waals surface area contributed by atoms with Crippen molar-refractivity contribution in [3.63, 3.8) is 0 Å². The van der Waals surface area contributed by atoms with Gasteiger partial charge in [0.1, 0.15) is 18.1 Å². The van der Waals surface area contributed by atoms with Gasteiger partial charge >= 0.3 is 0 Å². The minimum absolute atomic E-state index is 0.0729. The van der Waals surface area contributed by atoms with Gasteiger partial charge in [-0.25, -0.2) is 4.90 Å².